The molecule has 0 saturated heterocycles. The largest absolute Gasteiger partial charge is 0.330 e. The van der Waals surface area contributed by atoms with Crippen LogP contribution in [0, 0.1) is 5.82 Å². The fraction of sp³-hybridized carbons (Fsp3) is 0.400. The van der Waals surface area contributed by atoms with Crippen molar-refractivity contribution in [2.75, 3.05) is 12.8 Å². The smallest absolute Gasteiger partial charge is 0.127 e. The highest BCUT2D eigenvalue weighted by Gasteiger charge is 2.06. The first kappa shape index (κ1) is 10.5. The van der Waals surface area contributed by atoms with Crippen LogP contribution in [0.3, 0.4) is 0 Å². The average molecular weight is 199 g/mol. The number of hydrogen-bond donors (Lipinski definition) is 1. The first-order valence-electron chi connectivity index (χ1n) is 4.31. The van der Waals surface area contributed by atoms with E-state index in [0.29, 0.717) is 6.54 Å². The first-order chi connectivity index (χ1) is 6.29. The van der Waals surface area contributed by atoms with Crippen LogP contribution in [0.4, 0.5) is 4.39 Å². The van der Waals surface area contributed by atoms with Gasteiger partial charge in [-0.15, -0.1) is 11.8 Å². The normalized spacial score (nSPS) is 10.4. The maximum atomic E-state index is 13.3. The fourth-order valence-corrected chi connectivity index (χ4v) is 1.91. The summed E-state index contributed by atoms with van der Waals surface area (Å²) in [5, 5.41) is 0. The Morgan fingerprint density at radius 1 is 1.46 bits per heavy atom. The second-order valence-corrected chi connectivity index (χ2v) is 3.66. The Kier molecular flexibility index (Phi) is 4.25. The van der Waals surface area contributed by atoms with Crippen LogP contribution in [0.5, 0.6) is 0 Å². The third kappa shape index (κ3) is 2.71. The number of hydrogen-bond acceptors (Lipinski definition) is 2. The van der Waals surface area contributed by atoms with Crippen molar-refractivity contribution >= 4 is 11.8 Å². The van der Waals surface area contributed by atoms with E-state index in [1.807, 2.05) is 12.3 Å². The zero-order valence-electron chi connectivity index (χ0n) is 7.72. The van der Waals surface area contributed by atoms with E-state index in [9.17, 15) is 4.39 Å². The summed E-state index contributed by atoms with van der Waals surface area (Å²) in [6.45, 7) is 0.613. The molecule has 2 N–H and O–H groups in total. The molecule has 0 aliphatic carbocycles. The van der Waals surface area contributed by atoms with Gasteiger partial charge in [0.25, 0.3) is 0 Å². The molecule has 1 rings (SSSR count). The highest BCUT2D eigenvalue weighted by atomic mass is 32.2. The minimum atomic E-state index is -0.111. The summed E-state index contributed by atoms with van der Waals surface area (Å²) < 4.78 is 13.3. The van der Waals surface area contributed by atoms with Crippen LogP contribution in [0.25, 0.3) is 0 Å². The number of halogens is 1. The zero-order chi connectivity index (χ0) is 9.68. The van der Waals surface area contributed by atoms with E-state index in [1.165, 1.54) is 6.07 Å². The molecule has 1 aromatic carbocycles. The zero-order valence-corrected chi connectivity index (χ0v) is 8.53. The van der Waals surface area contributed by atoms with Crippen molar-refractivity contribution in [1.29, 1.82) is 0 Å². The Hall–Kier alpha value is -0.540. The molecule has 72 valence electrons. The van der Waals surface area contributed by atoms with Crippen molar-refractivity contribution in [3.05, 3.63) is 29.6 Å². The molecule has 0 bridgehead atoms. The van der Waals surface area contributed by atoms with Gasteiger partial charge in [-0.3, -0.25) is 0 Å². The predicted octanol–water partition coefficient (Wildman–Crippen LogP) is 2.44. The highest BCUT2D eigenvalue weighted by molar-refractivity contribution is 7.98. The van der Waals surface area contributed by atoms with Gasteiger partial charge in [0, 0.05) is 10.5 Å². The molecular formula is C10H14FNS. The van der Waals surface area contributed by atoms with Gasteiger partial charge in [0.2, 0.25) is 0 Å². The highest BCUT2D eigenvalue weighted by Crippen LogP contribution is 2.23. The summed E-state index contributed by atoms with van der Waals surface area (Å²) >= 11 is 1.58. The Labute approximate surface area is 82.5 Å². The van der Waals surface area contributed by atoms with Crippen LogP contribution in [-0.2, 0) is 6.42 Å². The van der Waals surface area contributed by atoms with Gasteiger partial charge in [0.1, 0.15) is 5.82 Å². The van der Waals surface area contributed by atoms with Gasteiger partial charge < -0.3 is 5.73 Å². The maximum Gasteiger partial charge on any atom is 0.127 e. The minimum Gasteiger partial charge on any atom is -0.330 e. The molecule has 0 aliphatic heterocycles. The lowest BCUT2D eigenvalue weighted by atomic mass is 10.1. The predicted molar refractivity (Wildman–Crippen MR) is 55.6 cm³/mol. The van der Waals surface area contributed by atoms with Crippen LogP contribution in [-0.4, -0.2) is 12.8 Å². The van der Waals surface area contributed by atoms with E-state index in [2.05, 4.69) is 0 Å². The quantitative estimate of drug-likeness (QED) is 0.754. The molecule has 0 fully saturated rings. The standard InChI is InChI=1S/C10H14FNS/c1-13-10-6-2-5-9(11)8(10)4-3-7-12/h2,5-6H,3-4,7,12H2,1H3. The molecule has 0 aromatic heterocycles. The van der Waals surface area contributed by atoms with Gasteiger partial charge in [-0.05, 0) is 37.8 Å². The van der Waals surface area contributed by atoms with Crippen LogP contribution < -0.4 is 5.73 Å². The van der Waals surface area contributed by atoms with E-state index >= 15 is 0 Å². The van der Waals surface area contributed by atoms with Crippen molar-refractivity contribution < 1.29 is 4.39 Å². The Morgan fingerprint density at radius 2 is 2.23 bits per heavy atom. The molecule has 0 aliphatic rings. The van der Waals surface area contributed by atoms with Gasteiger partial charge >= 0.3 is 0 Å². The average Bonchev–Trinajstić information content (AvgIpc) is 2.15. The van der Waals surface area contributed by atoms with Crippen molar-refractivity contribution in [3.63, 3.8) is 0 Å². The van der Waals surface area contributed by atoms with Gasteiger partial charge in [-0.1, -0.05) is 6.07 Å². The molecule has 0 spiro atoms. The summed E-state index contributed by atoms with van der Waals surface area (Å²) in [6, 6.07) is 5.19. The lowest BCUT2D eigenvalue weighted by Gasteiger charge is -2.07. The minimum absolute atomic E-state index is 0.111. The fourth-order valence-electron chi connectivity index (χ4n) is 1.25. The number of rotatable bonds is 4. The molecule has 1 aromatic rings. The second-order valence-electron chi connectivity index (χ2n) is 2.81. The maximum absolute atomic E-state index is 13.3. The van der Waals surface area contributed by atoms with Crippen molar-refractivity contribution in [2.24, 2.45) is 5.73 Å². The molecule has 0 radical (unpaired) electrons. The third-order valence-corrected chi connectivity index (χ3v) is 2.75. The van der Waals surface area contributed by atoms with Gasteiger partial charge in [-0.25, -0.2) is 4.39 Å². The molecule has 0 unspecified atom stereocenters. The van der Waals surface area contributed by atoms with Gasteiger partial charge in [0.05, 0.1) is 0 Å². The Balaban J connectivity index is 2.87. The van der Waals surface area contributed by atoms with Crippen LogP contribution in [0.2, 0.25) is 0 Å². The number of thioether (sulfide) groups is 1. The summed E-state index contributed by atoms with van der Waals surface area (Å²) in [6.07, 6.45) is 3.54. The summed E-state index contributed by atoms with van der Waals surface area (Å²) in [4.78, 5) is 1.02. The van der Waals surface area contributed by atoms with Gasteiger partial charge in [0.15, 0.2) is 0 Å². The molecule has 3 heteroatoms. The molecule has 0 saturated carbocycles. The molecule has 0 heterocycles. The number of benzene rings is 1. The van der Waals surface area contributed by atoms with E-state index < -0.39 is 0 Å². The summed E-state index contributed by atoms with van der Waals surface area (Å²) in [7, 11) is 0. The van der Waals surface area contributed by atoms with E-state index in [1.54, 1.807) is 17.8 Å². The molecule has 1 nitrogen and oxygen atoms in total. The second kappa shape index (κ2) is 5.25. The molecule has 13 heavy (non-hydrogen) atoms. The van der Waals surface area contributed by atoms with Crippen molar-refractivity contribution in [1.82, 2.24) is 0 Å². The first-order valence-corrected chi connectivity index (χ1v) is 5.53. The van der Waals surface area contributed by atoms with E-state index in [0.717, 1.165) is 23.3 Å². The molecule has 0 amide bonds. The van der Waals surface area contributed by atoms with E-state index in [4.69, 9.17) is 5.73 Å². The van der Waals surface area contributed by atoms with Crippen molar-refractivity contribution in [2.45, 2.75) is 17.7 Å². The summed E-state index contributed by atoms with van der Waals surface area (Å²) in [5.74, 6) is -0.111. The molecule has 0 atom stereocenters. The SMILES string of the molecule is CSc1cccc(F)c1CCCN. The van der Waals surface area contributed by atoms with Crippen LogP contribution in [0.1, 0.15) is 12.0 Å². The van der Waals surface area contributed by atoms with Gasteiger partial charge in [-0.2, -0.15) is 0 Å². The number of nitrogens with two attached hydrogens (primary N) is 1. The third-order valence-electron chi connectivity index (χ3n) is 1.93. The monoisotopic (exact) mass is 199 g/mol. The van der Waals surface area contributed by atoms with E-state index in [-0.39, 0.29) is 5.82 Å². The van der Waals surface area contributed by atoms with Crippen LogP contribution >= 0.6 is 11.8 Å². The Morgan fingerprint density at radius 3 is 2.85 bits per heavy atom. The topological polar surface area (TPSA) is 26.0 Å². The van der Waals surface area contributed by atoms with Crippen LogP contribution in [0.15, 0.2) is 23.1 Å². The Bertz CT molecular complexity index is 276. The lowest BCUT2D eigenvalue weighted by molar-refractivity contribution is 0.598. The summed E-state index contributed by atoms with van der Waals surface area (Å²) in [5.41, 5.74) is 6.19. The molecular weight excluding hydrogens is 185 g/mol. The lowest BCUT2D eigenvalue weighted by Crippen LogP contribution is -2.02. The van der Waals surface area contributed by atoms with Crippen molar-refractivity contribution in [3.8, 4) is 0 Å².